The summed E-state index contributed by atoms with van der Waals surface area (Å²) in [6.07, 6.45) is -3.83. The van der Waals surface area contributed by atoms with Gasteiger partial charge in [-0.3, -0.25) is 19.2 Å². The van der Waals surface area contributed by atoms with Crippen molar-refractivity contribution in [1.29, 1.82) is 0 Å². The normalized spacial score (nSPS) is 26.8. The van der Waals surface area contributed by atoms with E-state index < -0.39 is 48.5 Å². The predicted molar refractivity (Wildman–Crippen MR) is 72.8 cm³/mol. The minimum absolute atomic E-state index is 0.00627. The molecule has 1 saturated heterocycles. The maximum Gasteiger partial charge on any atom is 0.304 e. The molecule has 9 nitrogen and oxygen atoms in total. The van der Waals surface area contributed by atoms with E-state index in [9.17, 15) is 19.2 Å². The molecule has 0 aromatic rings. The quantitative estimate of drug-likeness (QED) is 0.510. The molecule has 0 amide bonds. The van der Waals surface area contributed by atoms with Crippen LogP contribution in [-0.4, -0.2) is 55.1 Å². The van der Waals surface area contributed by atoms with Gasteiger partial charge in [0, 0.05) is 27.7 Å². The second-order valence-electron chi connectivity index (χ2n) is 4.97. The molecule has 1 aliphatic rings. The van der Waals surface area contributed by atoms with Gasteiger partial charge < -0.3 is 23.7 Å². The van der Waals surface area contributed by atoms with Gasteiger partial charge in [0.2, 0.25) is 6.29 Å². The monoisotopic (exact) mass is 332 g/mol. The second kappa shape index (κ2) is 8.47. The van der Waals surface area contributed by atoms with Crippen molar-refractivity contribution in [2.75, 3.05) is 6.61 Å². The lowest BCUT2D eigenvalue weighted by Crippen LogP contribution is -2.54. The Morgan fingerprint density at radius 1 is 0.870 bits per heavy atom. The van der Waals surface area contributed by atoms with E-state index in [-0.39, 0.29) is 13.0 Å². The Balaban J connectivity index is 2.94. The Bertz CT molecular complexity index is 473. The van der Waals surface area contributed by atoms with Crippen LogP contribution in [0.4, 0.5) is 0 Å². The summed E-state index contributed by atoms with van der Waals surface area (Å²) in [5, 5.41) is 0. The third-order valence-corrected chi connectivity index (χ3v) is 2.85. The summed E-state index contributed by atoms with van der Waals surface area (Å²) in [6, 6.07) is 0. The molecule has 0 spiro atoms. The van der Waals surface area contributed by atoms with Crippen LogP contribution in [0, 0.1) is 0 Å². The summed E-state index contributed by atoms with van der Waals surface area (Å²) in [5.74, 6) is -2.36. The average Bonchev–Trinajstić information content (AvgIpc) is 2.37. The minimum Gasteiger partial charge on any atom is -0.463 e. The van der Waals surface area contributed by atoms with Crippen molar-refractivity contribution < 1.29 is 42.9 Å². The summed E-state index contributed by atoms with van der Waals surface area (Å²) in [6.45, 7) is 4.54. The van der Waals surface area contributed by atoms with Crippen molar-refractivity contribution in [2.45, 2.75) is 58.7 Å². The molecule has 4 atom stereocenters. The first-order valence-electron chi connectivity index (χ1n) is 6.99. The number of ether oxygens (including phenoxy) is 5. The van der Waals surface area contributed by atoms with Gasteiger partial charge in [-0.1, -0.05) is 0 Å². The Morgan fingerprint density at radius 3 is 1.91 bits per heavy atom. The van der Waals surface area contributed by atoms with E-state index in [0.717, 1.165) is 0 Å². The molecule has 1 heterocycles. The Hall–Kier alpha value is -2.16. The molecule has 23 heavy (non-hydrogen) atoms. The summed E-state index contributed by atoms with van der Waals surface area (Å²) in [5.41, 5.74) is 0. The van der Waals surface area contributed by atoms with E-state index in [0.29, 0.717) is 0 Å². The highest BCUT2D eigenvalue weighted by Gasteiger charge is 2.44. The highest BCUT2D eigenvalue weighted by atomic mass is 16.7. The van der Waals surface area contributed by atoms with Gasteiger partial charge in [0.15, 0.2) is 6.10 Å². The largest absolute Gasteiger partial charge is 0.463 e. The Labute approximate surface area is 133 Å². The van der Waals surface area contributed by atoms with Gasteiger partial charge >= 0.3 is 23.9 Å². The van der Waals surface area contributed by atoms with Crippen LogP contribution in [0.2, 0.25) is 0 Å². The van der Waals surface area contributed by atoms with Gasteiger partial charge in [0.05, 0.1) is 6.42 Å². The molecule has 1 rings (SSSR count). The van der Waals surface area contributed by atoms with Crippen molar-refractivity contribution >= 4 is 23.9 Å². The van der Waals surface area contributed by atoms with Crippen LogP contribution < -0.4 is 0 Å². The lowest BCUT2D eigenvalue weighted by molar-refractivity contribution is -0.260. The summed E-state index contributed by atoms with van der Waals surface area (Å²) < 4.78 is 25.6. The summed E-state index contributed by atoms with van der Waals surface area (Å²) >= 11 is 0. The molecule has 1 aliphatic heterocycles. The number of carbonyl (C=O) groups is 4. The number of hydrogen-bond acceptors (Lipinski definition) is 9. The van der Waals surface area contributed by atoms with Gasteiger partial charge in [0.1, 0.15) is 18.8 Å². The fourth-order valence-corrected chi connectivity index (χ4v) is 2.16. The lowest BCUT2D eigenvalue weighted by Gasteiger charge is -2.39. The highest BCUT2D eigenvalue weighted by Crippen LogP contribution is 2.27. The Morgan fingerprint density at radius 2 is 1.43 bits per heavy atom. The van der Waals surface area contributed by atoms with Gasteiger partial charge in [0.25, 0.3) is 0 Å². The first kappa shape index (κ1) is 18.9. The molecule has 0 aromatic heterocycles. The lowest BCUT2D eigenvalue weighted by atomic mass is 10.0. The van der Waals surface area contributed by atoms with Crippen LogP contribution in [0.1, 0.15) is 34.1 Å². The highest BCUT2D eigenvalue weighted by molar-refractivity contribution is 5.68. The average molecular weight is 332 g/mol. The fourth-order valence-electron chi connectivity index (χ4n) is 2.16. The van der Waals surface area contributed by atoms with Crippen molar-refractivity contribution in [3.63, 3.8) is 0 Å². The molecule has 0 N–H and O–H groups in total. The number of carbonyl (C=O) groups excluding carboxylic acids is 4. The SMILES string of the molecule is CC(=O)OC[C@H]1O[C@@H](OC(C)=O)C[C@@H](OC(C)=O)[C@H]1OC(C)=O. The predicted octanol–water partition coefficient (Wildman–Crippen LogP) is 0.0910. The molecular formula is C14H20O9. The van der Waals surface area contributed by atoms with Crippen molar-refractivity contribution in [2.24, 2.45) is 0 Å². The molecule has 0 aliphatic carbocycles. The smallest absolute Gasteiger partial charge is 0.304 e. The van der Waals surface area contributed by atoms with E-state index in [2.05, 4.69) is 0 Å². The zero-order valence-electron chi connectivity index (χ0n) is 13.4. The molecule has 9 heteroatoms. The molecule has 0 saturated carbocycles. The summed E-state index contributed by atoms with van der Waals surface area (Å²) in [7, 11) is 0. The zero-order valence-corrected chi connectivity index (χ0v) is 13.4. The molecular weight excluding hydrogens is 312 g/mol. The van der Waals surface area contributed by atoms with Crippen LogP contribution in [0.3, 0.4) is 0 Å². The molecule has 0 bridgehead atoms. The number of rotatable bonds is 5. The number of hydrogen-bond donors (Lipinski definition) is 0. The van der Waals surface area contributed by atoms with Crippen LogP contribution in [0.25, 0.3) is 0 Å². The summed E-state index contributed by atoms with van der Waals surface area (Å²) in [4.78, 5) is 44.6. The molecule has 0 radical (unpaired) electrons. The molecule has 130 valence electrons. The minimum atomic E-state index is -1.01. The van der Waals surface area contributed by atoms with Crippen LogP contribution >= 0.6 is 0 Å². The first-order valence-corrected chi connectivity index (χ1v) is 6.99. The van der Waals surface area contributed by atoms with E-state index in [1.165, 1.54) is 27.7 Å². The third-order valence-electron chi connectivity index (χ3n) is 2.85. The van der Waals surface area contributed by atoms with Gasteiger partial charge in [-0.25, -0.2) is 0 Å². The number of esters is 4. The molecule has 1 fully saturated rings. The second-order valence-corrected chi connectivity index (χ2v) is 4.97. The van der Waals surface area contributed by atoms with Crippen molar-refractivity contribution in [3.8, 4) is 0 Å². The third kappa shape index (κ3) is 6.64. The standard InChI is InChI=1S/C14H20O9/c1-7(15)19-6-12-14(22-10(4)18)11(20-8(2)16)5-13(23-12)21-9(3)17/h11-14H,5-6H2,1-4H3/t11-,12-,13-,14-/m1/s1. The van der Waals surface area contributed by atoms with Crippen molar-refractivity contribution in [1.82, 2.24) is 0 Å². The maximum atomic E-state index is 11.3. The maximum absolute atomic E-state index is 11.3. The van der Waals surface area contributed by atoms with Crippen LogP contribution in [0.5, 0.6) is 0 Å². The van der Waals surface area contributed by atoms with E-state index >= 15 is 0 Å². The van der Waals surface area contributed by atoms with Gasteiger partial charge in [-0.15, -0.1) is 0 Å². The van der Waals surface area contributed by atoms with Crippen molar-refractivity contribution in [3.05, 3.63) is 0 Å². The fraction of sp³-hybridized carbons (Fsp3) is 0.714. The van der Waals surface area contributed by atoms with E-state index in [1.807, 2.05) is 0 Å². The van der Waals surface area contributed by atoms with E-state index in [1.54, 1.807) is 0 Å². The molecule has 0 aromatic carbocycles. The van der Waals surface area contributed by atoms with Crippen LogP contribution in [-0.2, 0) is 42.9 Å². The van der Waals surface area contributed by atoms with Gasteiger partial charge in [-0.2, -0.15) is 0 Å². The Kier molecular flexibility index (Phi) is 6.95. The topological polar surface area (TPSA) is 114 Å². The van der Waals surface area contributed by atoms with E-state index in [4.69, 9.17) is 23.7 Å². The van der Waals surface area contributed by atoms with Gasteiger partial charge in [-0.05, 0) is 0 Å². The zero-order chi connectivity index (χ0) is 17.6. The molecule has 0 unspecified atom stereocenters. The first-order chi connectivity index (χ1) is 10.7. The van der Waals surface area contributed by atoms with Crippen LogP contribution in [0.15, 0.2) is 0 Å².